The van der Waals surface area contributed by atoms with Crippen LogP contribution >= 0.6 is 0 Å². The zero-order chi connectivity index (χ0) is 13.1. The summed E-state index contributed by atoms with van der Waals surface area (Å²) in [5.74, 6) is 0.251. The Hall–Kier alpha value is -1.88. The van der Waals surface area contributed by atoms with Crippen molar-refractivity contribution in [3.05, 3.63) is 42.0 Å². The van der Waals surface area contributed by atoms with Crippen LogP contribution in [0.15, 0.2) is 30.6 Å². The molecule has 96 valence electrons. The van der Waals surface area contributed by atoms with Gasteiger partial charge in [-0.15, -0.1) is 0 Å². The van der Waals surface area contributed by atoms with Crippen LogP contribution in [-0.2, 0) is 6.54 Å². The summed E-state index contributed by atoms with van der Waals surface area (Å²) in [7, 11) is 0. The number of halogens is 1. The standard InChI is InChI=1S/C13H16FN3O/c1-3-17-8-10(7-16-17)18-13-11(9(2)15)5-4-6-12(13)14/h4-9H,3,15H2,1-2H3. The highest BCUT2D eigenvalue weighted by Gasteiger charge is 2.14. The van der Waals surface area contributed by atoms with E-state index >= 15 is 0 Å². The predicted octanol–water partition coefficient (Wildman–Crippen LogP) is 2.85. The second kappa shape index (κ2) is 5.18. The van der Waals surface area contributed by atoms with E-state index in [-0.39, 0.29) is 11.8 Å². The van der Waals surface area contributed by atoms with E-state index in [0.29, 0.717) is 11.3 Å². The van der Waals surface area contributed by atoms with E-state index in [9.17, 15) is 4.39 Å². The summed E-state index contributed by atoms with van der Waals surface area (Å²) < 4.78 is 21.0. The van der Waals surface area contributed by atoms with Crippen LogP contribution in [-0.4, -0.2) is 9.78 Å². The molecule has 2 N–H and O–H groups in total. The molecule has 1 unspecified atom stereocenters. The molecule has 1 atom stereocenters. The molecule has 0 aliphatic heterocycles. The number of nitrogens with zero attached hydrogens (tertiary/aromatic N) is 2. The molecule has 0 fully saturated rings. The summed E-state index contributed by atoms with van der Waals surface area (Å²) in [5, 5.41) is 4.07. The maximum absolute atomic E-state index is 13.8. The van der Waals surface area contributed by atoms with Gasteiger partial charge >= 0.3 is 0 Å². The fourth-order valence-electron chi connectivity index (χ4n) is 1.68. The van der Waals surface area contributed by atoms with Gasteiger partial charge in [0.25, 0.3) is 0 Å². The first-order chi connectivity index (χ1) is 8.61. The third-order valence-corrected chi connectivity index (χ3v) is 2.64. The van der Waals surface area contributed by atoms with E-state index in [4.69, 9.17) is 10.5 Å². The largest absolute Gasteiger partial charge is 0.451 e. The molecular formula is C13H16FN3O. The van der Waals surface area contributed by atoms with Gasteiger partial charge in [-0.3, -0.25) is 4.68 Å². The first-order valence-corrected chi connectivity index (χ1v) is 5.86. The average Bonchev–Trinajstić information content (AvgIpc) is 2.79. The van der Waals surface area contributed by atoms with Crippen molar-refractivity contribution >= 4 is 0 Å². The molecule has 1 aromatic carbocycles. The van der Waals surface area contributed by atoms with Crippen molar-refractivity contribution in [3.63, 3.8) is 0 Å². The quantitative estimate of drug-likeness (QED) is 0.906. The molecule has 0 saturated carbocycles. The lowest BCUT2D eigenvalue weighted by Crippen LogP contribution is -2.07. The molecule has 0 aliphatic rings. The number of aryl methyl sites for hydroxylation is 1. The number of nitrogens with two attached hydrogens (primary N) is 1. The van der Waals surface area contributed by atoms with E-state index in [1.54, 1.807) is 36.1 Å². The Morgan fingerprint density at radius 2 is 2.28 bits per heavy atom. The molecule has 2 aromatic rings. The summed E-state index contributed by atoms with van der Waals surface area (Å²) in [6.45, 7) is 4.49. The van der Waals surface area contributed by atoms with Gasteiger partial charge in [0, 0.05) is 18.2 Å². The summed E-state index contributed by atoms with van der Waals surface area (Å²) in [6, 6.07) is 4.44. The fourth-order valence-corrected chi connectivity index (χ4v) is 1.68. The van der Waals surface area contributed by atoms with Crippen molar-refractivity contribution in [1.82, 2.24) is 9.78 Å². The van der Waals surface area contributed by atoms with Gasteiger partial charge in [0.05, 0.1) is 12.4 Å². The molecule has 1 heterocycles. The van der Waals surface area contributed by atoms with Gasteiger partial charge in [0.2, 0.25) is 0 Å². The van der Waals surface area contributed by atoms with Crippen molar-refractivity contribution in [2.45, 2.75) is 26.4 Å². The molecule has 0 amide bonds. The number of para-hydroxylation sites is 1. The van der Waals surface area contributed by atoms with Crippen LogP contribution in [0, 0.1) is 5.82 Å². The first kappa shape index (κ1) is 12.6. The minimum absolute atomic E-state index is 0.170. The average molecular weight is 249 g/mol. The minimum Gasteiger partial charge on any atom is -0.451 e. The molecule has 5 heteroatoms. The molecule has 0 saturated heterocycles. The number of hydrogen-bond acceptors (Lipinski definition) is 3. The van der Waals surface area contributed by atoms with Crippen LogP contribution in [0.4, 0.5) is 4.39 Å². The number of benzene rings is 1. The van der Waals surface area contributed by atoms with Gasteiger partial charge in [-0.2, -0.15) is 5.10 Å². The zero-order valence-corrected chi connectivity index (χ0v) is 10.4. The highest BCUT2D eigenvalue weighted by Crippen LogP contribution is 2.31. The summed E-state index contributed by atoms with van der Waals surface area (Å²) in [5.41, 5.74) is 6.44. The van der Waals surface area contributed by atoms with Crippen molar-refractivity contribution in [2.24, 2.45) is 5.73 Å². The van der Waals surface area contributed by atoms with Gasteiger partial charge in [-0.25, -0.2) is 4.39 Å². The Morgan fingerprint density at radius 3 is 2.89 bits per heavy atom. The lowest BCUT2D eigenvalue weighted by atomic mass is 10.1. The Morgan fingerprint density at radius 1 is 1.50 bits per heavy atom. The van der Waals surface area contributed by atoms with Crippen molar-refractivity contribution in [3.8, 4) is 11.5 Å². The van der Waals surface area contributed by atoms with Crippen LogP contribution in [0.1, 0.15) is 25.5 Å². The third kappa shape index (κ3) is 2.51. The van der Waals surface area contributed by atoms with Gasteiger partial charge < -0.3 is 10.5 Å². The van der Waals surface area contributed by atoms with Crippen molar-refractivity contribution < 1.29 is 9.13 Å². The topological polar surface area (TPSA) is 53.1 Å². The Kier molecular flexibility index (Phi) is 3.62. The highest BCUT2D eigenvalue weighted by molar-refractivity contribution is 5.39. The minimum atomic E-state index is -0.422. The lowest BCUT2D eigenvalue weighted by Gasteiger charge is -2.13. The maximum atomic E-state index is 13.8. The van der Waals surface area contributed by atoms with Crippen LogP contribution in [0.3, 0.4) is 0 Å². The summed E-state index contributed by atoms with van der Waals surface area (Å²) in [4.78, 5) is 0. The van der Waals surface area contributed by atoms with E-state index in [1.165, 1.54) is 6.07 Å². The number of rotatable bonds is 4. The van der Waals surface area contributed by atoms with Crippen molar-refractivity contribution in [1.29, 1.82) is 0 Å². The monoisotopic (exact) mass is 249 g/mol. The summed E-state index contributed by atoms with van der Waals surface area (Å²) in [6.07, 6.45) is 3.28. The van der Waals surface area contributed by atoms with Crippen LogP contribution in [0.25, 0.3) is 0 Å². The van der Waals surface area contributed by atoms with E-state index in [2.05, 4.69) is 5.10 Å². The second-order valence-electron chi connectivity index (χ2n) is 4.08. The normalized spacial score (nSPS) is 12.4. The van der Waals surface area contributed by atoms with E-state index in [1.807, 2.05) is 6.92 Å². The molecule has 2 rings (SSSR count). The van der Waals surface area contributed by atoms with Crippen LogP contribution in [0.2, 0.25) is 0 Å². The van der Waals surface area contributed by atoms with Crippen LogP contribution < -0.4 is 10.5 Å². The van der Waals surface area contributed by atoms with E-state index in [0.717, 1.165) is 6.54 Å². The van der Waals surface area contributed by atoms with Gasteiger partial charge in [-0.05, 0) is 19.9 Å². The van der Waals surface area contributed by atoms with Crippen molar-refractivity contribution in [2.75, 3.05) is 0 Å². The summed E-state index contributed by atoms with van der Waals surface area (Å²) >= 11 is 0. The number of hydrogen-bond donors (Lipinski definition) is 1. The van der Waals surface area contributed by atoms with Gasteiger partial charge in [-0.1, -0.05) is 12.1 Å². The van der Waals surface area contributed by atoms with Gasteiger partial charge in [0.15, 0.2) is 17.3 Å². The molecule has 0 radical (unpaired) electrons. The molecule has 0 spiro atoms. The molecular weight excluding hydrogens is 233 g/mol. The Labute approximate surface area is 105 Å². The second-order valence-corrected chi connectivity index (χ2v) is 4.08. The smallest absolute Gasteiger partial charge is 0.167 e. The number of ether oxygens (including phenoxy) is 1. The number of aromatic nitrogens is 2. The van der Waals surface area contributed by atoms with Crippen LogP contribution in [0.5, 0.6) is 11.5 Å². The molecule has 0 aliphatic carbocycles. The highest BCUT2D eigenvalue weighted by atomic mass is 19.1. The SMILES string of the molecule is CCn1cc(Oc2c(F)cccc2C(C)N)cn1. The first-order valence-electron chi connectivity index (χ1n) is 5.86. The fraction of sp³-hybridized carbons (Fsp3) is 0.308. The Bertz CT molecular complexity index is 537. The van der Waals surface area contributed by atoms with E-state index < -0.39 is 5.82 Å². The molecule has 18 heavy (non-hydrogen) atoms. The molecule has 0 bridgehead atoms. The molecule has 1 aromatic heterocycles. The third-order valence-electron chi connectivity index (χ3n) is 2.64. The maximum Gasteiger partial charge on any atom is 0.167 e. The predicted molar refractivity (Wildman–Crippen MR) is 67.0 cm³/mol. The Balaban J connectivity index is 2.33. The molecule has 4 nitrogen and oxygen atoms in total. The zero-order valence-electron chi connectivity index (χ0n) is 10.4. The lowest BCUT2D eigenvalue weighted by molar-refractivity contribution is 0.432. The van der Waals surface area contributed by atoms with Gasteiger partial charge in [0.1, 0.15) is 0 Å².